The van der Waals surface area contributed by atoms with Crippen molar-refractivity contribution in [2.24, 2.45) is 0 Å². The normalized spacial score (nSPS) is 18.6. The number of likely N-dealkylation sites (tertiary alicyclic amines) is 1. The summed E-state index contributed by atoms with van der Waals surface area (Å²) in [4.78, 5) is 45.0. The molecule has 1 saturated heterocycles. The van der Waals surface area contributed by atoms with Crippen LogP contribution >= 0.6 is 11.8 Å². The second kappa shape index (κ2) is 11.7. The number of hydrogen-bond donors (Lipinski definition) is 2. The molecule has 8 nitrogen and oxygen atoms in total. The number of alkyl halides is 1. The van der Waals surface area contributed by atoms with E-state index in [2.05, 4.69) is 5.32 Å². The number of ether oxygens (including phenoxy) is 1. The zero-order valence-electron chi connectivity index (χ0n) is 21.9. The van der Waals surface area contributed by atoms with Crippen molar-refractivity contribution < 1.29 is 28.6 Å². The zero-order chi connectivity index (χ0) is 27.4. The number of carbonyl (C=O) groups is 3. The fraction of sp³-hybridized carbons (Fsp3) is 0.464. The number of para-hydroxylation sites is 2. The summed E-state index contributed by atoms with van der Waals surface area (Å²) in [5, 5.41) is 12.9. The molecule has 3 amide bonds. The van der Waals surface area contributed by atoms with E-state index in [1.54, 1.807) is 37.4 Å². The van der Waals surface area contributed by atoms with Crippen LogP contribution in [0.4, 0.5) is 20.6 Å². The highest BCUT2D eigenvalue weighted by Gasteiger charge is 2.39. The Morgan fingerprint density at radius 1 is 1.08 bits per heavy atom. The number of aliphatic hydroxyl groups excluding tert-OH is 1. The lowest BCUT2D eigenvalue weighted by molar-refractivity contribution is -0.156. The minimum atomic E-state index is -1.59. The number of hydrogen-bond acceptors (Lipinski definition) is 6. The van der Waals surface area contributed by atoms with E-state index < -0.39 is 48.8 Å². The Hall–Kier alpha value is -3.11. The van der Waals surface area contributed by atoms with Gasteiger partial charge in [-0.2, -0.15) is 0 Å². The molecule has 2 N–H and O–H groups in total. The van der Waals surface area contributed by atoms with Crippen LogP contribution in [0.1, 0.15) is 46.5 Å². The van der Waals surface area contributed by atoms with Gasteiger partial charge in [0, 0.05) is 16.3 Å². The smallest absolute Gasteiger partial charge is 0.329 e. The third-order valence-electron chi connectivity index (χ3n) is 6.43. The summed E-state index contributed by atoms with van der Waals surface area (Å²) in [5.74, 6) is -1.20. The van der Waals surface area contributed by atoms with Crippen LogP contribution in [-0.4, -0.2) is 64.9 Å². The summed E-state index contributed by atoms with van der Waals surface area (Å²) in [6.07, 6.45) is -0.104. The molecular formula is C28H34FN3O5S. The number of piperidine rings is 1. The van der Waals surface area contributed by atoms with Gasteiger partial charge >= 0.3 is 12.0 Å². The van der Waals surface area contributed by atoms with Gasteiger partial charge in [-0.05, 0) is 64.3 Å². The molecule has 2 aliphatic rings. The molecule has 2 aromatic rings. The average molecular weight is 544 g/mol. The molecule has 204 valence electrons. The number of amides is 3. The summed E-state index contributed by atoms with van der Waals surface area (Å²) >= 11 is 1.58. The number of benzene rings is 2. The molecule has 0 saturated carbocycles. The number of anilines is 2. The zero-order valence-corrected chi connectivity index (χ0v) is 22.7. The first kappa shape index (κ1) is 27.9. The van der Waals surface area contributed by atoms with Gasteiger partial charge in [0.05, 0.1) is 23.8 Å². The lowest BCUT2D eigenvalue weighted by Crippen LogP contribution is -2.58. The maximum Gasteiger partial charge on any atom is 0.329 e. The average Bonchev–Trinajstić information content (AvgIpc) is 2.89. The first-order valence-electron chi connectivity index (χ1n) is 12.8. The second-order valence-electron chi connectivity index (χ2n) is 10.5. The van der Waals surface area contributed by atoms with Crippen LogP contribution in [0, 0.1) is 0 Å². The van der Waals surface area contributed by atoms with Crippen molar-refractivity contribution in [3.8, 4) is 0 Å². The molecule has 3 unspecified atom stereocenters. The van der Waals surface area contributed by atoms with Crippen LogP contribution < -0.4 is 10.2 Å². The van der Waals surface area contributed by atoms with E-state index in [0.29, 0.717) is 13.0 Å². The second-order valence-corrected chi connectivity index (χ2v) is 11.6. The fourth-order valence-corrected chi connectivity index (χ4v) is 5.76. The number of esters is 1. The van der Waals surface area contributed by atoms with Crippen molar-refractivity contribution in [2.75, 3.05) is 18.1 Å². The van der Waals surface area contributed by atoms with Crippen LogP contribution in [0.2, 0.25) is 0 Å². The molecule has 2 heterocycles. The summed E-state index contributed by atoms with van der Waals surface area (Å²) in [6, 6.07) is 12.9. The van der Waals surface area contributed by atoms with Crippen molar-refractivity contribution in [1.82, 2.24) is 10.2 Å². The number of halogens is 1. The maximum atomic E-state index is 14.1. The van der Waals surface area contributed by atoms with Gasteiger partial charge in [0.15, 0.2) is 0 Å². The number of nitrogens with one attached hydrogen (secondary N) is 1. The third-order valence-corrected chi connectivity index (χ3v) is 7.56. The Morgan fingerprint density at radius 3 is 2.26 bits per heavy atom. The van der Waals surface area contributed by atoms with Crippen molar-refractivity contribution in [3.05, 3.63) is 48.5 Å². The number of urea groups is 1. The first-order valence-corrected chi connectivity index (χ1v) is 13.6. The highest BCUT2D eigenvalue weighted by atomic mass is 32.2. The Bertz CT molecular complexity index is 1140. The van der Waals surface area contributed by atoms with E-state index >= 15 is 0 Å². The van der Waals surface area contributed by atoms with E-state index in [1.807, 2.05) is 48.5 Å². The Kier molecular flexibility index (Phi) is 8.62. The number of rotatable bonds is 6. The highest BCUT2D eigenvalue weighted by Crippen LogP contribution is 2.48. The summed E-state index contributed by atoms with van der Waals surface area (Å²) in [6.45, 7) is 4.33. The van der Waals surface area contributed by atoms with Crippen LogP contribution in [0.5, 0.6) is 0 Å². The molecule has 38 heavy (non-hydrogen) atoms. The Morgan fingerprint density at radius 2 is 1.68 bits per heavy atom. The predicted octanol–water partition coefficient (Wildman–Crippen LogP) is 4.81. The minimum absolute atomic E-state index is 0.334. The molecule has 10 heteroatoms. The molecule has 0 spiro atoms. The standard InChI is InChI=1S/C28H34FN3O5S/c1-28(2,3)37-25(34)16-18(22(33)17-29)30-26(35)21-12-8-9-15-31(21)27(36)32-19-10-4-6-13-23(19)38-24-14-7-5-11-20(24)32/h4-7,10-11,13-14,18,21-22,33H,8-9,12,15-17H2,1-3H3,(H,30,35). The van der Waals surface area contributed by atoms with Crippen LogP contribution in [0.15, 0.2) is 58.3 Å². The lowest BCUT2D eigenvalue weighted by Gasteiger charge is -2.40. The van der Waals surface area contributed by atoms with Crippen LogP contribution in [0.3, 0.4) is 0 Å². The molecule has 2 aromatic carbocycles. The molecule has 0 aliphatic carbocycles. The van der Waals surface area contributed by atoms with Gasteiger partial charge in [-0.3, -0.25) is 14.5 Å². The number of carbonyl (C=O) groups excluding carboxylic acids is 3. The van der Waals surface area contributed by atoms with Crippen LogP contribution in [0.25, 0.3) is 0 Å². The topological polar surface area (TPSA) is 99.2 Å². The van der Waals surface area contributed by atoms with Gasteiger partial charge in [-0.15, -0.1) is 0 Å². The number of nitrogens with zero attached hydrogens (tertiary/aromatic N) is 2. The van der Waals surface area contributed by atoms with Gasteiger partial charge in [-0.1, -0.05) is 36.0 Å². The number of fused-ring (bicyclic) bond motifs is 2. The maximum absolute atomic E-state index is 14.1. The highest BCUT2D eigenvalue weighted by molar-refractivity contribution is 7.99. The molecule has 1 fully saturated rings. The van der Waals surface area contributed by atoms with Crippen molar-refractivity contribution >= 4 is 41.0 Å². The SMILES string of the molecule is CC(C)(C)OC(=O)CC(NC(=O)C1CCCCN1C(=O)N1c2ccccc2Sc2ccccc21)C(O)CF. The van der Waals surface area contributed by atoms with Crippen molar-refractivity contribution in [3.63, 3.8) is 0 Å². The Balaban J connectivity index is 1.57. The molecule has 0 bridgehead atoms. The molecule has 3 atom stereocenters. The molecular weight excluding hydrogens is 509 g/mol. The largest absolute Gasteiger partial charge is 0.460 e. The molecule has 4 rings (SSSR count). The summed E-state index contributed by atoms with van der Waals surface area (Å²) < 4.78 is 18.7. The van der Waals surface area contributed by atoms with E-state index in [-0.39, 0.29) is 6.03 Å². The minimum Gasteiger partial charge on any atom is -0.460 e. The van der Waals surface area contributed by atoms with E-state index in [1.165, 1.54) is 4.90 Å². The van der Waals surface area contributed by atoms with Gasteiger partial charge in [0.25, 0.3) is 0 Å². The Labute approximate surface area is 226 Å². The van der Waals surface area contributed by atoms with Gasteiger partial charge in [-0.25, -0.2) is 9.18 Å². The monoisotopic (exact) mass is 543 g/mol. The van der Waals surface area contributed by atoms with E-state index in [4.69, 9.17) is 4.74 Å². The predicted molar refractivity (Wildman–Crippen MR) is 143 cm³/mol. The molecule has 0 radical (unpaired) electrons. The quantitative estimate of drug-likeness (QED) is 0.508. The lowest BCUT2D eigenvalue weighted by atomic mass is 10.00. The molecule has 2 aliphatic heterocycles. The first-order chi connectivity index (χ1) is 18.1. The van der Waals surface area contributed by atoms with Gasteiger partial charge in [0.1, 0.15) is 24.4 Å². The third kappa shape index (κ3) is 6.30. The van der Waals surface area contributed by atoms with E-state index in [0.717, 1.165) is 34.0 Å². The van der Waals surface area contributed by atoms with Crippen molar-refractivity contribution in [1.29, 1.82) is 0 Å². The van der Waals surface area contributed by atoms with Gasteiger partial charge in [0.2, 0.25) is 5.91 Å². The summed E-state index contributed by atoms with van der Waals surface area (Å²) in [7, 11) is 0. The molecule has 0 aromatic heterocycles. The van der Waals surface area contributed by atoms with Crippen LogP contribution in [-0.2, 0) is 14.3 Å². The van der Waals surface area contributed by atoms with Gasteiger partial charge < -0.3 is 20.1 Å². The van der Waals surface area contributed by atoms with E-state index in [9.17, 15) is 23.9 Å². The van der Waals surface area contributed by atoms with Crippen molar-refractivity contribution in [2.45, 2.75) is 80.0 Å². The summed E-state index contributed by atoms with van der Waals surface area (Å²) in [5.41, 5.74) is 0.709. The number of aliphatic hydroxyl groups is 1. The fourth-order valence-electron chi connectivity index (χ4n) is 4.70.